The molecule has 0 fully saturated rings. The SMILES string of the molecule is Cc1cnc(NC(=O)c2ccccc2Cl)cn1. The van der Waals surface area contributed by atoms with Crippen molar-refractivity contribution in [3.63, 3.8) is 0 Å². The number of anilines is 1. The van der Waals surface area contributed by atoms with Crippen LogP contribution in [-0.4, -0.2) is 15.9 Å². The van der Waals surface area contributed by atoms with E-state index in [4.69, 9.17) is 11.6 Å². The standard InChI is InChI=1S/C12H10ClN3O/c1-8-6-15-11(7-14-8)16-12(17)9-4-2-3-5-10(9)13/h2-7H,1H3,(H,15,16,17). The van der Waals surface area contributed by atoms with Crippen molar-refractivity contribution in [1.29, 1.82) is 0 Å². The quantitative estimate of drug-likeness (QED) is 0.888. The fourth-order valence-corrected chi connectivity index (χ4v) is 1.51. The Labute approximate surface area is 104 Å². The van der Waals surface area contributed by atoms with Gasteiger partial charge in [0.05, 0.1) is 28.7 Å². The first-order valence-electron chi connectivity index (χ1n) is 5.01. The van der Waals surface area contributed by atoms with E-state index in [1.54, 1.807) is 30.5 Å². The molecule has 5 heteroatoms. The molecule has 86 valence electrons. The lowest BCUT2D eigenvalue weighted by Crippen LogP contribution is -2.13. The summed E-state index contributed by atoms with van der Waals surface area (Å²) in [5, 5.41) is 3.04. The highest BCUT2D eigenvalue weighted by Crippen LogP contribution is 2.16. The molecule has 0 radical (unpaired) electrons. The minimum atomic E-state index is -0.297. The average molecular weight is 248 g/mol. The van der Waals surface area contributed by atoms with Gasteiger partial charge in [0, 0.05) is 0 Å². The van der Waals surface area contributed by atoms with Gasteiger partial charge in [-0.05, 0) is 19.1 Å². The second-order valence-electron chi connectivity index (χ2n) is 3.48. The van der Waals surface area contributed by atoms with E-state index < -0.39 is 0 Å². The average Bonchev–Trinajstić information content (AvgIpc) is 2.32. The predicted molar refractivity (Wildman–Crippen MR) is 66.2 cm³/mol. The minimum Gasteiger partial charge on any atom is -0.305 e. The monoisotopic (exact) mass is 247 g/mol. The van der Waals surface area contributed by atoms with Crippen molar-refractivity contribution in [2.75, 3.05) is 5.32 Å². The Kier molecular flexibility index (Phi) is 3.35. The van der Waals surface area contributed by atoms with E-state index in [9.17, 15) is 4.79 Å². The predicted octanol–water partition coefficient (Wildman–Crippen LogP) is 2.69. The van der Waals surface area contributed by atoms with E-state index in [0.29, 0.717) is 16.4 Å². The third-order valence-electron chi connectivity index (χ3n) is 2.14. The number of nitrogens with zero attached hydrogens (tertiary/aromatic N) is 2. The van der Waals surface area contributed by atoms with Gasteiger partial charge in [-0.2, -0.15) is 0 Å². The van der Waals surface area contributed by atoms with Gasteiger partial charge in [0.15, 0.2) is 5.82 Å². The number of rotatable bonds is 2. The topological polar surface area (TPSA) is 54.9 Å². The molecule has 1 heterocycles. The lowest BCUT2D eigenvalue weighted by molar-refractivity contribution is 0.102. The van der Waals surface area contributed by atoms with Crippen LogP contribution in [-0.2, 0) is 0 Å². The van der Waals surface area contributed by atoms with Crippen molar-refractivity contribution in [2.45, 2.75) is 6.92 Å². The molecule has 0 atom stereocenters. The summed E-state index contributed by atoms with van der Waals surface area (Å²) in [6.45, 7) is 1.83. The lowest BCUT2D eigenvalue weighted by Gasteiger charge is -2.05. The van der Waals surface area contributed by atoms with Crippen LogP contribution in [0.25, 0.3) is 0 Å². The van der Waals surface area contributed by atoms with E-state index in [1.807, 2.05) is 6.92 Å². The zero-order valence-corrected chi connectivity index (χ0v) is 9.90. The molecule has 0 aliphatic heterocycles. The molecule has 0 aliphatic carbocycles. The highest BCUT2D eigenvalue weighted by atomic mass is 35.5. The maximum atomic E-state index is 11.9. The third-order valence-corrected chi connectivity index (χ3v) is 2.47. The Hall–Kier alpha value is -1.94. The molecule has 1 aromatic heterocycles. The number of nitrogens with one attached hydrogen (secondary N) is 1. The molecule has 1 aromatic carbocycles. The molecular formula is C12H10ClN3O. The Morgan fingerprint density at radius 3 is 2.65 bits per heavy atom. The molecule has 2 rings (SSSR count). The van der Waals surface area contributed by atoms with Gasteiger partial charge in [-0.1, -0.05) is 23.7 Å². The molecule has 4 nitrogen and oxygen atoms in total. The fraction of sp³-hybridized carbons (Fsp3) is 0.0833. The van der Waals surface area contributed by atoms with Crippen LogP contribution in [0.5, 0.6) is 0 Å². The zero-order chi connectivity index (χ0) is 12.3. The fourth-order valence-electron chi connectivity index (χ4n) is 1.29. The van der Waals surface area contributed by atoms with Gasteiger partial charge < -0.3 is 5.32 Å². The molecule has 1 amide bonds. The van der Waals surface area contributed by atoms with Crippen molar-refractivity contribution in [2.24, 2.45) is 0 Å². The van der Waals surface area contributed by atoms with Crippen LogP contribution >= 0.6 is 11.6 Å². The van der Waals surface area contributed by atoms with E-state index in [-0.39, 0.29) is 5.91 Å². The Bertz CT molecular complexity index is 540. The second kappa shape index (κ2) is 4.93. The molecule has 0 saturated heterocycles. The molecule has 0 saturated carbocycles. The van der Waals surface area contributed by atoms with Gasteiger partial charge >= 0.3 is 0 Å². The zero-order valence-electron chi connectivity index (χ0n) is 9.14. The maximum absolute atomic E-state index is 11.9. The first-order valence-corrected chi connectivity index (χ1v) is 5.39. The molecule has 0 bridgehead atoms. The van der Waals surface area contributed by atoms with Gasteiger partial charge in [0.25, 0.3) is 5.91 Å². The number of carbonyl (C=O) groups is 1. The van der Waals surface area contributed by atoms with Gasteiger partial charge in [-0.25, -0.2) is 4.98 Å². The molecular weight excluding hydrogens is 238 g/mol. The van der Waals surface area contributed by atoms with Crippen LogP contribution < -0.4 is 5.32 Å². The van der Waals surface area contributed by atoms with E-state index in [2.05, 4.69) is 15.3 Å². The van der Waals surface area contributed by atoms with Crippen LogP contribution in [0.4, 0.5) is 5.82 Å². The number of hydrogen-bond donors (Lipinski definition) is 1. The molecule has 0 aliphatic rings. The molecule has 0 spiro atoms. The van der Waals surface area contributed by atoms with Crippen LogP contribution in [0.1, 0.15) is 16.1 Å². The summed E-state index contributed by atoms with van der Waals surface area (Å²) in [5.41, 5.74) is 1.21. The van der Waals surface area contributed by atoms with Crippen molar-refractivity contribution < 1.29 is 4.79 Å². The largest absolute Gasteiger partial charge is 0.305 e. The summed E-state index contributed by atoms with van der Waals surface area (Å²) in [7, 11) is 0. The Balaban J connectivity index is 2.17. The van der Waals surface area contributed by atoms with Crippen LogP contribution in [0.2, 0.25) is 5.02 Å². The van der Waals surface area contributed by atoms with Crippen molar-refractivity contribution in [3.8, 4) is 0 Å². The van der Waals surface area contributed by atoms with Gasteiger partial charge in [0.1, 0.15) is 0 Å². The number of carbonyl (C=O) groups excluding carboxylic acids is 1. The normalized spacial score (nSPS) is 10.0. The van der Waals surface area contributed by atoms with Crippen LogP contribution in [0.15, 0.2) is 36.7 Å². The van der Waals surface area contributed by atoms with Gasteiger partial charge in [-0.3, -0.25) is 9.78 Å². The maximum Gasteiger partial charge on any atom is 0.258 e. The minimum absolute atomic E-state index is 0.297. The highest BCUT2D eigenvalue weighted by molar-refractivity contribution is 6.34. The summed E-state index contributed by atoms with van der Waals surface area (Å²) < 4.78 is 0. The van der Waals surface area contributed by atoms with Crippen molar-refractivity contribution >= 4 is 23.3 Å². The van der Waals surface area contributed by atoms with Gasteiger partial charge in [0.2, 0.25) is 0 Å². The van der Waals surface area contributed by atoms with Crippen LogP contribution in [0, 0.1) is 6.92 Å². The number of amides is 1. The number of aromatic nitrogens is 2. The number of halogens is 1. The van der Waals surface area contributed by atoms with Crippen LogP contribution in [0.3, 0.4) is 0 Å². The summed E-state index contributed by atoms with van der Waals surface area (Å²) in [4.78, 5) is 19.9. The number of hydrogen-bond acceptors (Lipinski definition) is 3. The van der Waals surface area contributed by atoms with E-state index in [1.165, 1.54) is 6.20 Å². The molecule has 0 unspecified atom stereocenters. The van der Waals surface area contributed by atoms with E-state index in [0.717, 1.165) is 5.69 Å². The third kappa shape index (κ3) is 2.79. The smallest absolute Gasteiger partial charge is 0.258 e. The summed E-state index contributed by atoms with van der Waals surface area (Å²) in [6, 6.07) is 6.84. The first kappa shape index (κ1) is 11.5. The molecule has 2 aromatic rings. The Morgan fingerprint density at radius 2 is 2.00 bits per heavy atom. The highest BCUT2D eigenvalue weighted by Gasteiger charge is 2.10. The lowest BCUT2D eigenvalue weighted by atomic mass is 10.2. The summed E-state index contributed by atoms with van der Waals surface area (Å²) in [6.07, 6.45) is 3.09. The second-order valence-corrected chi connectivity index (χ2v) is 3.88. The number of aryl methyl sites for hydroxylation is 1. The Morgan fingerprint density at radius 1 is 1.24 bits per heavy atom. The van der Waals surface area contributed by atoms with Crippen molar-refractivity contribution in [1.82, 2.24) is 9.97 Å². The summed E-state index contributed by atoms with van der Waals surface area (Å²) in [5.74, 6) is 0.106. The summed E-state index contributed by atoms with van der Waals surface area (Å²) >= 11 is 5.91. The van der Waals surface area contributed by atoms with Crippen molar-refractivity contribution in [3.05, 3.63) is 52.9 Å². The molecule has 17 heavy (non-hydrogen) atoms. The van der Waals surface area contributed by atoms with E-state index >= 15 is 0 Å². The molecule has 1 N–H and O–H groups in total. The van der Waals surface area contributed by atoms with Gasteiger partial charge in [-0.15, -0.1) is 0 Å². The number of benzene rings is 1. The first-order chi connectivity index (χ1) is 8.16.